The molecule has 114 valence electrons. The minimum atomic E-state index is 0.269. The van der Waals surface area contributed by atoms with Gasteiger partial charge in [0.2, 0.25) is 6.79 Å². The summed E-state index contributed by atoms with van der Waals surface area (Å²) in [5.41, 5.74) is 1.17. The van der Waals surface area contributed by atoms with E-state index in [2.05, 4.69) is 10.2 Å². The van der Waals surface area contributed by atoms with E-state index in [0.29, 0.717) is 16.8 Å². The summed E-state index contributed by atoms with van der Waals surface area (Å²) in [6.07, 6.45) is 5.32. The number of fused-ring (bicyclic) bond motifs is 2. The molecule has 0 bridgehead atoms. The van der Waals surface area contributed by atoms with Crippen LogP contribution in [-0.2, 0) is 6.54 Å². The average molecular weight is 309 g/mol. The molecule has 1 aromatic carbocycles. The summed E-state index contributed by atoms with van der Waals surface area (Å²) in [4.78, 5) is 2.65. The van der Waals surface area contributed by atoms with Crippen molar-refractivity contribution in [1.29, 1.82) is 0 Å². The van der Waals surface area contributed by atoms with E-state index in [9.17, 15) is 0 Å². The summed E-state index contributed by atoms with van der Waals surface area (Å²) >= 11 is 6.24. The highest BCUT2D eigenvalue weighted by Gasteiger charge is 2.35. The molecule has 21 heavy (non-hydrogen) atoms. The lowest BCUT2D eigenvalue weighted by Gasteiger charge is -2.32. The number of piperidine rings is 1. The molecule has 0 spiro atoms. The van der Waals surface area contributed by atoms with Gasteiger partial charge in [-0.1, -0.05) is 18.0 Å². The molecular weight excluding hydrogens is 288 g/mol. The van der Waals surface area contributed by atoms with Gasteiger partial charge in [-0.25, -0.2) is 0 Å². The van der Waals surface area contributed by atoms with Crippen LogP contribution in [0, 0.1) is 0 Å². The van der Waals surface area contributed by atoms with E-state index in [1.165, 1.54) is 44.3 Å². The van der Waals surface area contributed by atoms with Crippen molar-refractivity contribution in [3.8, 4) is 11.5 Å². The molecule has 1 N–H and O–H groups in total. The molecular formula is C16H21ClN2O2. The third-order valence-corrected chi connectivity index (χ3v) is 5.19. The molecule has 1 aromatic rings. The smallest absolute Gasteiger partial charge is 0.231 e. The molecule has 5 heteroatoms. The number of benzene rings is 1. The maximum absolute atomic E-state index is 6.24. The molecule has 2 fully saturated rings. The molecule has 3 aliphatic heterocycles. The Morgan fingerprint density at radius 2 is 2.14 bits per heavy atom. The van der Waals surface area contributed by atoms with Crippen LogP contribution < -0.4 is 14.8 Å². The Morgan fingerprint density at radius 3 is 3.10 bits per heavy atom. The number of nitrogens with zero attached hydrogens (tertiary/aromatic N) is 1. The summed E-state index contributed by atoms with van der Waals surface area (Å²) in [5, 5.41) is 4.36. The van der Waals surface area contributed by atoms with Crippen molar-refractivity contribution in [2.24, 2.45) is 0 Å². The van der Waals surface area contributed by atoms with Gasteiger partial charge in [-0.2, -0.15) is 0 Å². The highest BCUT2D eigenvalue weighted by Crippen LogP contribution is 2.39. The zero-order chi connectivity index (χ0) is 14.2. The van der Waals surface area contributed by atoms with Gasteiger partial charge < -0.3 is 14.8 Å². The first-order chi connectivity index (χ1) is 10.3. The molecule has 3 aliphatic rings. The zero-order valence-electron chi connectivity index (χ0n) is 12.1. The first-order valence-electron chi connectivity index (χ1n) is 7.87. The normalized spacial score (nSPS) is 27.9. The van der Waals surface area contributed by atoms with Gasteiger partial charge in [0.1, 0.15) is 0 Å². The molecule has 2 unspecified atom stereocenters. The summed E-state index contributed by atoms with van der Waals surface area (Å²) < 4.78 is 10.8. The number of ether oxygens (including phenoxy) is 2. The van der Waals surface area contributed by atoms with Gasteiger partial charge >= 0.3 is 0 Å². The summed E-state index contributed by atoms with van der Waals surface area (Å²) in [6, 6.07) is 5.35. The monoisotopic (exact) mass is 308 g/mol. The topological polar surface area (TPSA) is 33.7 Å². The van der Waals surface area contributed by atoms with Crippen molar-refractivity contribution < 1.29 is 9.47 Å². The van der Waals surface area contributed by atoms with E-state index in [-0.39, 0.29) is 6.79 Å². The highest BCUT2D eigenvalue weighted by molar-refractivity contribution is 6.32. The van der Waals surface area contributed by atoms with Crippen LogP contribution in [0.4, 0.5) is 0 Å². The van der Waals surface area contributed by atoms with Crippen LogP contribution in [0.1, 0.15) is 31.2 Å². The third-order valence-electron chi connectivity index (χ3n) is 4.91. The maximum atomic E-state index is 6.24. The molecule has 0 aliphatic carbocycles. The van der Waals surface area contributed by atoms with Crippen molar-refractivity contribution >= 4 is 11.6 Å². The summed E-state index contributed by atoms with van der Waals surface area (Å²) in [6.45, 7) is 3.62. The fourth-order valence-corrected chi connectivity index (χ4v) is 4.15. The third kappa shape index (κ3) is 2.60. The number of halogens is 1. The average Bonchev–Trinajstić information content (AvgIpc) is 3.12. The summed E-state index contributed by atoms with van der Waals surface area (Å²) in [5.74, 6) is 1.45. The van der Waals surface area contributed by atoms with Gasteiger partial charge in [0.25, 0.3) is 0 Å². The van der Waals surface area contributed by atoms with E-state index < -0.39 is 0 Å². The van der Waals surface area contributed by atoms with Crippen LogP contribution in [0.5, 0.6) is 11.5 Å². The zero-order valence-corrected chi connectivity index (χ0v) is 12.9. The molecule has 0 amide bonds. The lowest BCUT2D eigenvalue weighted by atomic mass is 9.99. The SMILES string of the molecule is Clc1cc(CNC2CCN3CCCCC23)cc2c1OCO2. The first kappa shape index (κ1) is 13.7. The van der Waals surface area contributed by atoms with Crippen LogP contribution >= 0.6 is 11.6 Å². The second-order valence-corrected chi connectivity index (χ2v) is 6.59. The Hall–Kier alpha value is -0.970. The van der Waals surface area contributed by atoms with E-state index in [1.807, 2.05) is 12.1 Å². The number of hydrogen-bond acceptors (Lipinski definition) is 4. The van der Waals surface area contributed by atoms with Crippen molar-refractivity contribution in [2.75, 3.05) is 19.9 Å². The molecule has 2 atom stereocenters. The Balaban J connectivity index is 1.42. The molecule has 3 heterocycles. The second kappa shape index (κ2) is 5.67. The molecule has 0 aromatic heterocycles. The molecule has 0 radical (unpaired) electrons. The van der Waals surface area contributed by atoms with Gasteiger partial charge in [-0.3, -0.25) is 4.90 Å². The van der Waals surface area contributed by atoms with E-state index in [4.69, 9.17) is 21.1 Å². The van der Waals surface area contributed by atoms with Crippen molar-refractivity contribution in [2.45, 2.75) is 44.3 Å². The van der Waals surface area contributed by atoms with Crippen LogP contribution in [0.15, 0.2) is 12.1 Å². The quantitative estimate of drug-likeness (QED) is 0.931. The molecule has 4 rings (SSSR count). The van der Waals surface area contributed by atoms with Crippen molar-refractivity contribution in [3.63, 3.8) is 0 Å². The van der Waals surface area contributed by atoms with Crippen LogP contribution in [0.25, 0.3) is 0 Å². The van der Waals surface area contributed by atoms with Gasteiger partial charge in [0.15, 0.2) is 11.5 Å². The van der Waals surface area contributed by atoms with E-state index >= 15 is 0 Å². The van der Waals surface area contributed by atoms with Crippen LogP contribution in [-0.4, -0.2) is 36.9 Å². The van der Waals surface area contributed by atoms with Gasteiger partial charge in [0, 0.05) is 25.2 Å². The predicted molar refractivity (Wildman–Crippen MR) is 82.0 cm³/mol. The Labute approximate surface area is 130 Å². The number of nitrogens with one attached hydrogen (secondary N) is 1. The fraction of sp³-hybridized carbons (Fsp3) is 0.625. The Morgan fingerprint density at radius 1 is 1.19 bits per heavy atom. The van der Waals surface area contributed by atoms with Crippen LogP contribution in [0.3, 0.4) is 0 Å². The van der Waals surface area contributed by atoms with Crippen molar-refractivity contribution in [3.05, 3.63) is 22.7 Å². The standard InChI is InChI=1S/C16H21ClN2O2/c17-12-7-11(8-15-16(12)21-10-20-15)9-18-13-4-6-19-5-2-1-3-14(13)19/h7-8,13-14,18H,1-6,9-10H2. The fourth-order valence-electron chi connectivity index (χ4n) is 3.86. The van der Waals surface area contributed by atoms with Crippen molar-refractivity contribution in [1.82, 2.24) is 10.2 Å². The highest BCUT2D eigenvalue weighted by atomic mass is 35.5. The minimum Gasteiger partial charge on any atom is -0.454 e. The first-order valence-corrected chi connectivity index (χ1v) is 8.24. The molecule has 4 nitrogen and oxygen atoms in total. The molecule has 2 saturated heterocycles. The van der Waals surface area contributed by atoms with E-state index in [1.54, 1.807) is 0 Å². The predicted octanol–water partition coefficient (Wildman–Crippen LogP) is 2.79. The lowest BCUT2D eigenvalue weighted by molar-refractivity contribution is 0.174. The van der Waals surface area contributed by atoms with Crippen LogP contribution in [0.2, 0.25) is 5.02 Å². The maximum Gasteiger partial charge on any atom is 0.231 e. The van der Waals surface area contributed by atoms with Gasteiger partial charge in [0.05, 0.1) is 5.02 Å². The second-order valence-electron chi connectivity index (χ2n) is 6.19. The molecule has 0 saturated carbocycles. The van der Waals surface area contributed by atoms with Gasteiger partial charge in [-0.05, 0) is 43.5 Å². The number of rotatable bonds is 3. The lowest BCUT2D eigenvalue weighted by Crippen LogP contribution is -2.44. The van der Waals surface area contributed by atoms with Gasteiger partial charge in [-0.15, -0.1) is 0 Å². The van der Waals surface area contributed by atoms with E-state index in [0.717, 1.165) is 18.3 Å². The Kier molecular flexibility index (Phi) is 3.69. The largest absolute Gasteiger partial charge is 0.454 e. The summed E-state index contributed by atoms with van der Waals surface area (Å²) in [7, 11) is 0. The number of hydrogen-bond donors (Lipinski definition) is 1. The minimum absolute atomic E-state index is 0.269. The Bertz CT molecular complexity index is 537.